The molecule has 1 aliphatic heterocycles. The van der Waals surface area contributed by atoms with Crippen molar-refractivity contribution < 1.29 is 18.6 Å². The van der Waals surface area contributed by atoms with Gasteiger partial charge in [0.1, 0.15) is 11.5 Å². The number of hydrogen-bond donors (Lipinski definition) is 2. The number of halogens is 1. The van der Waals surface area contributed by atoms with E-state index in [-0.39, 0.29) is 30.0 Å². The van der Waals surface area contributed by atoms with Crippen molar-refractivity contribution in [2.75, 3.05) is 47.5 Å². The maximum absolute atomic E-state index is 5.97. The minimum absolute atomic E-state index is 0. The Kier molecular flexibility index (Phi) is 11.1. The standard InChI is InChI=1S/C24H36N4O4.HI/c1-6-25-24(26-15-18-13-21(29-3)23(31-5)22(14-18)30-4)27-16-19(28-11-7-8-12-28)20-10-9-17(2)32-20;/h9-10,13-14,19H,6-8,11-12,15-16H2,1-5H3,(H2,25,26,27);1H. The van der Waals surface area contributed by atoms with Crippen LogP contribution in [0.15, 0.2) is 33.7 Å². The lowest BCUT2D eigenvalue weighted by Crippen LogP contribution is -2.42. The maximum Gasteiger partial charge on any atom is 0.203 e. The molecule has 1 atom stereocenters. The monoisotopic (exact) mass is 572 g/mol. The number of aryl methyl sites for hydroxylation is 1. The van der Waals surface area contributed by atoms with Crippen molar-refractivity contribution in [3.63, 3.8) is 0 Å². The second kappa shape index (κ2) is 13.5. The van der Waals surface area contributed by atoms with Gasteiger partial charge in [-0.25, -0.2) is 4.99 Å². The molecule has 2 heterocycles. The molecule has 2 N–H and O–H groups in total. The first kappa shape index (κ1) is 27.1. The number of guanidine groups is 1. The number of aliphatic imine (C=N–C) groups is 1. The number of likely N-dealkylation sites (tertiary alicyclic amines) is 1. The predicted octanol–water partition coefficient (Wildman–Crippen LogP) is 4.12. The van der Waals surface area contributed by atoms with Gasteiger partial charge in [0.05, 0.1) is 33.9 Å². The topological polar surface area (TPSA) is 80.5 Å². The van der Waals surface area contributed by atoms with Gasteiger partial charge in [0.15, 0.2) is 17.5 Å². The Morgan fingerprint density at radius 1 is 1.06 bits per heavy atom. The van der Waals surface area contributed by atoms with Crippen molar-refractivity contribution >= 4 is 29.9 Å². The first-order valence-corrected chi connectivity index (χ1v) is 11.2. The number of nitrogens with one attached hydrogen (secondary N) is 2. The van der Waals surface area contributed by atoms with Crippen LogP contribution in [0.1, 0.15) is 42.9 Å². The molecule has 1 aromatic heterocycles. The fourth-order valence-corrected chi connectivity index (χ4v) is 4.03. The van der Waals surface area contributed by atoms with Crippen LogP contribution >= 0.6 is 24.0 Å². The normalized spacial score (nSPS) is 15.0. The van der Waals surface area contributed by atoms with Gasteiger partial charge in [0.2, 0.25) is 5.75 Å². The predicted molar refractivity (Wildman–Crippen MR) is 141 cm³/mol. The molecule has 1 fully saturated rings. The van der Waals surface area contributed by atoms with E-state index in [2.05, 4.69) is 28.5 Å². The summed E-state index contributed by atoms with van der Waals surface area (Å²) in [5.41, 5.74) is 0.967. The van der Waals surface area contributed by atoms with Crippen LogP contribution in [0.3, 0.4) is 0 Å². The lowest BCUT2D eigenvalue weighted by atomic mass is 10.2. The average molecular weight is 572 g/mol. The van der Waals surface area contributed by atoms with Gasteiger partial charge in [0.25, 0.3) is 0 Å². The number of benzene rings is 1. The van der Waals surface area contributed by atoms with Gasteiger partial charge in [0, 0.05) is 13.1 Å². The van der Waals surface area contributed by atoms with Gasteiger partial charge in [-0.3, -0.25) is 4.90 Å². The molecule has 184 valence electrons. The minimum atomic E-state index is 0. The first-order chi connectivity index (χ1) is 15.6. The van der Waals surface area contributed by atoms with Crippen LogP contribution in [0.25, 0.3) is 0 Å². The van der Waals surface area contributed by atoms with Crippen LogP contribution < -0.4 is 24.8 Å². The van der Waals surface area contributed by atoms with Gasteiger partial charge in [-0.2, -0.15) is 0 Å². The SMILES string of the molecule is CCNC(=NCc1cc(OC)c(OC)c(OC)c1)NCC(c1ccc(C)o1)N1CCCC1.I. The largest absolute Gasteiger partial charge is 0.493 e. The number of ether oxygens (including phenoxy) is 3. The van der Waals surface area contributed by atoms with Crippen LogP contribution in [0.2, 0.25) is 0 Å². The van der Waals surface area contributed by atoms with Crippen molar-refractivity contribution in [3.8, 4) is 17.2 Å². The number of methoxy groups -OCH3 is 3. The fraction of sp³-hybridized carbons (Fsp3) is 0.542. The lowest BCUT2D eigenvalue weighted by Gasteiger charge is -2.26. The van der Waals surface area contributed by atoms with E-state index in [1.807, 2.05) is 25.1 Å². The molecule has 0 bridgehead atoms. The zero-order valence-corrected chi connectivity index (χ0v) is 22.6. The molecule has 33 heavy (non-hydrogen) atoms. The summed E-state index contributed by atoms with van der Waals surface area (Å²) in [6.07, 6.45) is 2.46. The smallest absolute Gasteiger partial charge is 0.203 e. The molecule has 9 heteroatoms. The summed E-state index contributed by atoms with van der Waals surface area (Å²) >= 11 is 0. The number of nitrogens with zero attached hydrogens (tertiary/aromatic N) is 2. The minimum Gasteiger partial charge on any atom is -0.493 e. The summed E-state index contributed by atoms with van der Waals surface area (Å²) in [5.74, 6) is 4.52. The van der Waals surface area contributed by atoms with E-state index in [0.29, 0.717) is 30.3 Å². The van der Waals surface area contributed by atoms with E-state index in [4.69, 9.17) is 23.6 Å². The first-order valence-electron chi connectivity index (χ1n) is 11.2. The zero-order chi connectivity index (χ0) is 22.9. The number of rotatable bonds is 10. The van der Waals surface area contributed by atoms with Crippen LogP contribution in [-0.2, 0) is 6.54 Å². The van der Waals surface area contributed by atoms with Gasteiger partial charge >= 0.3 is 0 Å². The van der Waals surface area contributed by atoms with E-state index in [0.717, 1.165) is 42.7 Å². The molecule has 1 aliphatic rings. The number of hydrogen-bond acceptors (Lipinski definition) is 6. The Bertz CT molecular complexity index is 871. The van der Waals surface area contributed by atoms with Crippen LogP contribution in [0.4, 0.5) is 0 Å². The van der Waals surface area contributed by atoms with Crippen molar-refractivity contribution in [1.82, 2.24) is 15.5 Å². The third-order valence-electron chi connectivity index (χ3n) is 5.62. The van der Waals surface area contributed by atoms with E-state index in [1.54, 1.807) is 21.3 Å². The third kappa shape index (κ3) is 7.17. The van der Waals surface area contributed by atoms with Crippen molar-refractivity contribution in [3.05, 3.63) is 41.3 Å². The molecule has 1 unspecified atom stereocenters. The Hall–Kier alpha value is -2.14. The molecule has 0 amide bonds. The maximum atomic E-state index is 5.97. The van der Waals surface area contributed by atoms with Crippen molar-refractivity contribution in [2.24, 2.45) is 4.99 Å². The molecule has 0 aliphatic carbocycles. The second-order valence-electron chi connectivity index (χ2n) is 7.82. The van der Waals surface area contributed by atoms with Crippen LogP contribution in [-0.4, -0.2) is 58.4 Å². The van der Waals surface area contributed by atoms with E-state index < -0.39 is 0 Å². The summed E-state index contributed by atoms with van der Waals surface area (Å²) in [6, 6.07) is 8.14. The Balaban J connectivity index is 0.00000385. The number of furan rings is 1. The highest BCUT2D eigenvalue weighted by Crippen LogP contribution is 2.38. The molecular formula is C24H37IN4O4. The molecule has 2 aromatic rings. The van der Waals surface area contributed by atoms with Crippen LogP contribution in [0, 0.1) is 6.92 Å². The molecule has 0 radical (unpaired) electrons. The van der Waals surface area contributed by atoms with Crippen molar-refractivity contribution in [2.45, 2.75) is 39.3 Å². The lowest BCUT2D eigenvalue weighted by molar-refractivity contribution is 0.213. The molecule has 0 spiro atoms. The zero-order valence-electron chi connectivity index (χ0n) is 20.3. The molecule has 0 saturated carbocycles. The summed E-state index contributed by atoms with van der Waals surface area (Å²) in [6.45, 7) is 8.19. The Labute approximate surface area is 214 Å². The summed E-state index contributed by atoms with van der Waals surface area (Å²) in [4.78, 5) is 7.26. The summed E-state index contributed by atoms with van der Waals surface area (Å²) in [5, 5.41) is 6.84. The van der Waals surface area contributed by atoms with Gasteiger partial charge < -0.3 is 29.3 Å². The van der Waals surface area contributed by atoms with E-state index in [1.165, 1.54) is 12.8 Å². The Morgan fingerprint density at radius 3 is 2.24 bits per heavy atom. The van der Waals surface area contributed by atoms with Gasteiger partial charge in [-0.15, -0.1) is 24.0 Å². The Morgan fingerprint density at radius 2 is 1.73 bits per heavy atom. The molecule has 8 nitrogen and oxygen atoms in total. The average Bonchev–Trinajstić information content (AvgIpc) is 3.49. The van der Waals surface area contributed by atoms with Gasteiger partial charge in [-0.05, 0) is 69.6 Å². The van der Waals surface area contributed by atoms with Crippen molar-refractivity contribution in [1.29, 1.82) is 0 Å². The highest BCUT2D eigenvalue weighted by atomic mass is 127. The van der Waals surface area contributed by atoms with Gasteiger partial charge in [-0.1, -0.05) is 0 Å². The van der Waals surface area contributed by atoms with E-state index >= 15 is 0 Å². The second-order valence-corrected chi connectivity index (χ2v) is 7.82. The summed E-state index contributed by atoms with van der Waals surface area (Å²) < 4.78 is 22.3. The highest BCUT2D eigenvalue weighted by Gasteiger charge is 2.26. The molecule has 1 saturated heterocycles. The molecule has 3 rings (SSSR count). The highest BCUT2D eigenvalue weighted by molar-refractivity contribution is 14.0. The van der Waals surface area contributed by atoms with E-state index in [9.17, 15) is 0 Å². The molecular weight excluding hydrogens is 535 g/mol. The molecule has 1 aromatic carbocycles. The third-order valence-corrected chi connectivity index (χ3v) is 5.62. The summed E-state index contributed by atoms with van der Waals surface area (Å²) in [7, 11) is 4.83. The van der Waals surface area contributed by atoms with Crippen LogP contribution in [0.5, 0.6) is 17.2 Å². The quantitative estimate of drug-likeness (QED) is 0.252. The fourth-order valence-electron chi connectivity index (χ4n) is 4.03.